The van der Waals surface area contributed by atoms with Crippen LogP contribution in [0.5, 0.6) is 5.75 Å². The molecule has 14 heavy (non-hydrogen) atoms. The van der Waals surface area contributed by atoms with E-state index < -0.39 is 10.0 Å². The first-order valence-electron chi connectivity index (χ1n) is 4.18. The summed E-state index contributed by atoms with van der Waals surface area (Å²) >= 11 is 0. The van der Waals surface area contributed by atoms with E-state index in [9.17, 15) is 13.5 Å². The molecule has 0 unspecified atom stereocenters. The normalized spacial score (nSPS) is 12.0. The van der Waals surface area contributed by atoms with Gasteiger partial charge in [0.2, 0.25) is 10.0 Å². The highest BCUT2D eigenvalue weighted by Crippen LogP contribution is 2.26. The second kappa shape index (κ2) is 3.59. The van der Waals surface area contributed by atoms with Gasteiger partial charge >= 0.3 is 0 Å². The highest BCUT2D eigenvalue weighted by Gasteiger charge is 2.16. The molecule has 0 aliphatic rings. The fourth-order valence-corrected chi connectivity index (χ4v) is 2.13. The van der Waals surface area contributed by atoms with Gasteiger partial charge < -0.3 is 5.11 Å². The maximum absolute atomic E-state index is 11.2. The average molecular weight is 215 g/mol. The van der Waals surface area contributed by atoms with Crippen LogP contribution in [0.1, 0.15) is 25.3 Å². The van der Waals surface area contributed by atoms with E-state index in [1.54, 1.807) is 0 Å². The van der Waals surface area contributed by atoms with Gasteiger partial charge in [-0.15, -0.1) is 0 Å². The molecule has 0 aliphatic heterocycles. The van der Waals surface area contributed by atoms with Gasteiger partial charge in [-0.3, -0.25) is 0 Å². The van der Waals surface area contributed by atoms with Gasteiger partial charge in [0.15, 0.2) is 0 Å². The summed E-state index contributed by atoms with van der Waals surface area (Å²) in [5.41, 5.74) is 0.535. The van der Waals surface area contributed by atoms with Crippen molar-refractivity contribution < 1.29 is 13.5 Å². The molecule has 5 heteroatoms. The highest BCUT2D eigenvalue weighted by atomic mass is 32.2. The zero-order valence-corrected chi connectivity index (χ0v) is 8.88. The molecule has 0 saturated carbocycles. The molecule has 0 aromatic heterocycles. The van der Waals surface area contributed by atoms with Gasteiger partial charge in [-0.25, -0.2) is 13.6 Å². The number of aromatic hydroxyl groups is 1. The number of rotatable bonds is 2. The lowest BCUT2D eigenvalue weighted by atomic mass is 10.0. The summed E-state index contributed by atoms with van der Waals surface area (Å²) in [6, 6.07) is 4.05. The fourth-order valence-electron chi connectivity index (χ4n) is 1.25. The van der Waals surface area contributed by atoms with Crippen molar-refractivity contribution in [2.45, 2.75) is 24.7 Å². The van der Waals surface area contributed by atoms with Crippen LogP contribution in [0.2, 0.25) is 0 Å². The van der Waals surface area contributed by atoms with E-state index in [-0.39, 0.29) is 16.6 Å². The first-order valence-corrected chi connectivity index (χ1v) is 5.72. The molecular formula is C9H13NO3S. The van der Waals surface area contributed by atoms with Gasteiger partial charge in [-0.05, 0) is 29.7 Å². The highest BCUT2D eigenvalue weighted by molar-refractivity contribution is 7.89. The molecule has 0 spiro atoms. The number of primary sulfonamides is 1. The van der Waals surface area contributed by atoms with Crippen molar-refractivity contribution in [1.29, 1.82) is 0 Å². The van der Waals surface area contributed by atoms with Crippen LogP contribution < -0.4 is 5.14 Å². The fraction of sp³-hybridized carbons (Fsp3) is 0.333. The van der Waals surface area contributed by atoms with Crippen LogP contribution in [-0.2, 0) is 10.0 Å². The van der Waals surface area contributed by atoms with Crippen molar-refractivity contribution in [2.24, 2.45) is 5.14 Å². The summed E-state index contributed by atoms with van der Waals surface area (Å²) in [5, 5.41) is 14.3. The minimum absolute atomic E-state index is 0.00424. The van der Waals surface area contributed by atoms with E-state index in [0.717, 1.165) is 0 Å². The minimum Gasteiger partial charge on any atom is -0.508 e. The van der Waals surface area contributed by atoms with Crippen LogP contribution in [0.3, 0.4) is 0 Å². The maximum atomic E-state index is 11.2. The standard InChI is InChI=1S/C9H13NO3S/c1-6(2)8-5-7(11)3-4-9(8)14(10,12)13/h3-6,11H,1-2H3,(H2,10,12,13). The van der Waals surface area contributed by atoms with Crippen molar-refractivity contribution >= 4 is 10.0 Å². The minimum atomic E-state index is -3.71. The van der Waals surface area contributed by atoms with Gasteiger partial charge in [0.1, 0.15) is 5.75 Å². The molecular weight excluding hydrogens is 202 g/mol. The molecule has 0 radical (unpaired) electrons. The zero-order valence-electron chi connectivity index (χ0n) is 8.06. The quantitative estimate of drug-likeness (QED) is 0.776. The molecule has 78 valence electrons. The number of phenolic OH excluding ortho intramolecular Hbond substituents is 1. The molecule has 0 saturated heterocycles. The smallest absolute Gasteiger partial charge is 0.238 e. The zero-order chi connectivity index (χ0) is 10.9. The summed E-state index contributed by atoms with van der Waals surface area (Å²) in [4.78, 5) is 0.0744. The van der Waals surface area contributed by atoms with Gasteiger partial charge in [0.05, 0.1) is 4.90 Å². The van der Waals surface area contributed by atoms with E-state index in [4.69, 9.17) is 5.14 Å². The molecule has 0 heterocycles. The molecule has 0 aliphatic carbocycles. The molecule has 0 bridgehead atoms. The Bertz CT molecular complexity index is 437. The number of phenols is 1. The molecule has 1 aromatic rings. The molecule has 3 N–H and O–H groups in total. The monoisotopic (exact) mass is 215 g/mol. The largest absolute Gasteiger partial charge is 0.508 e. The Morgan fingerprint density at radius 2 is 1.93 bits per heavy atom. The van der Waals surface area contributed by atoms with Crippen LogP contribution in [0.25, 0.3) is 0 Å². The topological polar surface area (TPSA) is 80.4 Å². The molecule has 0 fully saturated rings. The van der Waals surface area contributed by atoms with Crippen LogP contribution in [-0.4, -0.2) is 13.5 Å². The van der Waals surface area contributed by atoms with Gasteiger partial charge in [0, 0.05) is 0 Å². The number of hydrogen-bond acceptors (Lipinski definition) is 3. The van der Waals surface area contributed by atoms with Crippen molar-refractivity contribution in [3.63, 3.8) is 0 Å². The number of nitrogens with two attached hydrogens (primary N) is 1. The Balaban J connectivity index is 3.45. The Morgan fingerprint density at radius 1 is 1.36 bits per heavy atom. The van der Waals surface area contributed by atoms with Crippen molar-refractivity contribution in [3.8, 4) is 5.75 Å². The summed E-state index contributed by atoms with van der Waals surface area (Å²) in [6.45, 7) is 3.67. The number of benzene rings is 1. The number of sulfonamides is 1. The van der Waals surface area contributed by atoms with E-state index in [1.165, 1.54) is 18.2 Å². The molecule has 0 atom stereocenters. The average Bonchev–Trinajstić information content (AvgIpc) is 2.01. The van der Waals surface area contributed by atoms with E-state index >= 15 is 0 Å². The first kappa shape index (κ1) is 11.0. The number of hydrogen-bond donors (Lipinski definition) is 2. The van der Waals surface area contributed by atoms with E-state index in [1.807, 2.05) is 13.8 Å². The van der Waals surface area contributed by atoms with Gasteiger partial charge in [-0.2, -0.15) is 0 Å². The lowest BCUT2D eigenvalue weighted by Crippen LogP contribution is -2.14. The predicted octanol–water partition coefficient (Wildman–Crippen LogP) is 1.16. The Kier molecular flexibility index (Phi) is 2.82. The van der Waals surface area contributed by atoms with Gasteiger partial charge in [0.25, 0.3) is 0 Å². The van der Waals surface area contributed by atoms with E-state index in [0.29, 0.717) is 5.56 Å². The third kappa shape index (κ3) is 2.24. The van der Waals surface area contributed by atoms with Crippen LogP contribution in [0, 0.1) is 0 Å². The Labute approximate surface area is 83.4 Å². The first-order chi connectivity index (χ1) is 6.32. The van der Waals surface area contributed by atoms with Crippen molar-refractivity contribution in [3.05, 3.63) is 23.8 Å². The third-order valence-corrected chi connectivity index (χ3v) is 2.91. The van der Waals surface area contributed by atoms with Crippen LogP contribution in [0.15, 0.2) is 23.1 Å². The lowest BCUT2D eigenvalue weighted by molar-refractivity contribution is 0.473. The van der Waals surface area contributed by atoms with Crippen molar-refractivity contribution in [1.82, 2.24) is 0 Å². The Morgan fingerprint density at radius 3 is 2.36 bits per heavy atom. The lowest BCUT2D eigenvalue weighted by Gasteiger charge is -2.10. The molecule has 1 aromatic carbocycles. The summed E-state index contributed by atoms with van der Waals surface area (Å²) in [6.07, 6.45) is 0. The Hall–Kier alpha value is -1.07. The second-order valence-electron chi connectivity index (χ2n) is 3.42. The summed E-state index contributed by atoms with van der Waals surface area (Å²) in [5.74, 6) is 0.0384. The molecule has 0 amide bonds. The SMILES string of the molecule is CC(C)c1cc(O)ccc1S(N)(=O)=O. The molecule has 1 rings (SSSR count). The van der Waals surface area contributed by atoms with Gasteiger partial charge in [-0.1, -0.05) is 13.8 Å². The maximum Gasteiger partial charge on any atom is 0.238 e. The third-order valence-electron chi connectivity index (χ3n) is 1.92. The summed E-state index contributed by atoms with van der Waals surface area (Å²) in [7, 11) is -3.71. The predicted molar refractivity (Wildman–Crippen MR) is 53.6 cm³/mol. The molecule has 4 nitrogen and oxygen atoms in total. The second-order valence-corrected chi connectivity index (χ2v) is 4.95. The van der Waals surface area contributed by atoms with Crippen LogP contribution in [0.4, 0.5) is 0 Å². The van der Waals surface area contributed by atoms with Crippen LogP contribution >= 0.6 is 0 Å². The van der Waals surface area contributed by atoms with E-state index in [2.05, 4.69) is 0 Å². The summed E-state index contributed by atoms with van der Waals surface area (Å²) < 4.78 is 22.3. The van der Waals surface area contributed by atoms with Crippen molar-refractivity contribution in [2.75, 3.05) is 0 Å².